The maximum Gasteiger partial charge on any atom is 0.150 e. The van der Waals surface area contributed by atoms with E-state index in [2.05, 4.69) is 63.0 Å². The fraction of sp³-hybridized carbons (Fsp3) is 0.172. The number of anilines is 2. The summed E-state index contributed by atoms with van der Waals surface area (Å²) in [5.41, 5.74) is 5.30. The van der Waals surface area contributed by atoms with E-state index < -0.39 is 0 Å². The maximum absolute atomic E-state index is 6.34. The van der Waals surface area contributed by atoms with Crippen LogP contribution < -0.4 is 14.5 Å². The number of hydrogen-bond donors (Lipinski definition) is 0. The fourth-order valence-corrected chi connectivity index (χ4v) is 5.10. The van der Waals surface area contributed by atoms with Crippen LogP contribution in [0.15, 0.2) is 91.4 Å². The lowest BCUT2D eigenvalue weighted by molar-refractivity contribution is 0.415. The smallest absolute Gasteiger partial charge is 0.150 e. The van der Waals surface area contributed by atoms with Crippen molar-refractivity contribution in [1.29, 1.82) is 0 Å². The summed E-state index contributed by atoms with van der Waals surface area (Å²) >= 11 is 6.34. The highest BCUT2D eigenvalue weighted by molar-refractivity contribution is 6.30. The molecule has 0 saturated carbocycles. The summed E-state index contributed by atoms with van der Waals surface area (Å²) in [4.78, 5) is 14.3. The Morgan fingerprint density at radius 1 is 0.778 bits per heavy atom. The molecular formula is C29H26ClN5O. The molecular weight excluding hydrogens is 470 g/mol. The van der Waals surface area contributed by atoms with Crippen molar-refractivity contribution < 1.29 is 4.74 Å². The second-order valence-electron chi connectivity index (χ2n) is 8.83. The molecule has 0 atom stereocenters. The summed E-state index contributed by atoms with van der Waals surface area (Å²) in [6, 6.07) is 26.6. The molecule has 0 spiro atoms. The first-order valence-corrected chi connectivity index (χ1v) is 12.4. The zero-order valence-electron chi connectivity index (χ0n) is 20.0. The number of rotatable bonds is 5. The van der Waals surface area contributed by atoms with Crippen LogP contribution in [0.5, 0.6) is 5.75 Å². The van der Waals surface area contributed by atoms with Crippen LogP contribution in [0.25, 0.3) is 27.8 Å². The number of methoxy groups -OCH3 is 1. The highest BCUT2D eigenvalue weighted by Crippen LogP contribution is 2.37. The van der Waals surface area contributed by atoms with E-state index in [1.54, 1.807) is 13.4 Å². The van der Waals surface area contributed by atoms with Crippen LogP contribution in [0.4, 0.5) is 11.5 Å². The van der Waals surface area contributed by atoms with Gasteiger partial charge in [-0.2, -0.15) is 0 Å². The van der Waals surface area contributed by atoms with Gasteiger partial charge < -0.3 is 19.1 Å². The van der Waals surface area contributed by atoms with Crippen molar-refractivity contribution in [3.63, 3.8) is 0 Å². The van der Waals surface area contributed by atoms with Gasteiger partial charge in [-0.25, -0.2) is 9.97 Å². The molecule has 0 radical (unpaired) electrons. The number of halogens is 1. The molecule has 6 rings (SSSR count). The SMILES string of the molecule is COc1ccc(N2CCN(c3ncnc4c3c(-c3ccccc3)cn4-c3cccc(Cl)c3)CC2)cc1. The minimum Gasteiger partial charge on any atom is -0.497 e. The largest absolute Gasteiger partial charge is 0.497 e. The molecule has 0 bridgehead atoms. The van der Waals surface area contributed by atoms with Gasteiger partial charge in [0.05, 0.1) is 12.5 Å². The van der Waals surface area contributed by atoms with Crippen LogP contribution in [0, 0.1) is 0 Å². The average molecular weight is 496 g/mol. The van der Waals surface area contributed by atoms with Crippen molar-refractivity contribution in [3.8, 4) is 22.6 Å². The van der Waals surface area contributed by atoms with Crippen molar-refractivity contribution in [2.24, 2.45) is 0 Å². The molecule has 2 aromatic heterocycles. The number of nitrogens with zero attached hydrogens (tertiary/aromatic N) is 5. The average Bonchev–Trinajstić information content (AvgIpc) is 3.34. The van der Waals surface area contributed by atoms with Crippen molar-refractivity contribution in [2.45, 2.75) is 0 Å². The number of benzene rings is 3. The lowest BCUT2D eigenvalue weighted by Gasteiger charge is -2.37. The topological polar surface area (TPSA) is 46.4 Å². The number of piperazine rings is 1. The molecule has 3 aromatic carbocycles. The van der Waals surface area contributed by atoms with E-state index in [1.807, 2.05) is 36.4 Å². The highest BCUT2D eigenvalue weighted by Gasteiger charge is 2.24. The second kappa shape index (κ2) is 9.55. The molecule has 0 aliphatic carbocycles. The van der Waals surface area contributed by atoms with Crippen LogP contribution in [-0.2, 0) is 0 Å². The third-order valence-electron chi connectivity index (χ3n) is 6.75. The molecule has 1 aliphatic rings. The zero-order chi connectivity index (χ0) is 24.5. The number of hydrogen-bond acceptors (Lipinski definition) is 5. The van der Waals surface area contributed by atoms with Gasteiger partial charge in [0.2, 0.25) is 0 Å². The number of ether oxygens (including phenoxy) is 1. The lowest BCUT2D eigenvalue weighted by Crippen LogP contribution is -2.46. The molecule has 36 heavy (non-hydrogen) atoms. The molecule has 0 unspecified atom stereocenters. The molecule has 5 aromatic rings. The third kappa shape index (κ3) is 4.14. The summed E-state index contributed by atoms with van der Waals surface area (Å²) in [6.45, 7) is 3.56. The van der Waals surface area contributed by atoms with E-state index in [-0.39, 0.29) is 0 Å². The number of aromatic nitrogens is 3. The first-order valence-electron chi connectivity index (χ1n) is 12.0. The van der Waals surface area contributed by atoms with Crippen molar-refractivity contribution in [2.75, 3.05) is 43.1 Å². The Bertz CT molecular complexity index is 1490. The molecule has 0 N–H and O–H groups in total. The van der Waals surface area contributed by atoms with Crippen LogP contribution in [0.1, 0.15) is 0 Å². The van der Waals surface area contributed by atoms with Crippen LogP contribution in [0.3, 0.4) is 0 Å². The first kappa shape index (κ1) is 22.4. The Labute approximate surface area is 215 Å². The number of fused-ring (bicyclic) bond motifs is 1. The Kier molecular flexibility index (Phi) is 5.95. The molecule has 6 nitrogen and oxygen atoms in total. The molecule has 1 saturated heterocycles. The molecule has 3 heterocycles. The summed E-state index contributed by atoms with van der Waals surface area (Å²) in [5.74, 6) is 1.84. The Hall–Kier alpha value is -4.03. The molecule has 7 heteroatoms. The van der Waals surface area contributed by atoms with E-state index in [0.717, 1.165) is 65.6 Å². The fourth-order valence-electron chi connectivity index (χ4n) is 4.91. The minimum atomic E-state index is 0.694. The van der Waals surface area contributed by atoms with Gasteiger partial charge in [-0.3, -0.25) is 0 Å². The summed E-state index contributed by atoms with van der Waals surface area (Å²) in [6.07, 6.45) is 3.82. The minimum absolute atomic E-state index is 0.694. The van der Waals surface area contributed by atoms with E-state index in [4.69, 9.17) is 26.3 Å². The molecule has 1 aliphatic heterocycles. The Morgan fingerprint density at radius 3 is 2.25 bits per heavy atom. The van der Waals surface area contributed by atoms with Gasteiger partial charge in [0.25, 0.3) is 0 Å². The van der Waals surface area contributed by atoms with Crippen molar-refractivity contribution in [3.05, 3.63) is 96.4 Å². The van der Waals surface area contributed by atoms with Gasteiger partial charge in [0.1, 0.15) is 17.9 Å². The van der Waals surface area contributed by atoms with Gasteiger partial charge >= 0.3 is 0 Å². The Morgan fingerprint density at radius 2 is 1.53 bits per heavy atom. The normalized spacial score (nSPS) is 13.8. The van der Waals surface area contributed by atoms with Crippen molar-refractivity contribution >= 4 is 34.1 Å². The predicted molar refractivity (Wildman–Crippen MR) is 147 cm³/mol. The molecule has 0 amide bonds. The van der Waals surface area contributed by atoms with E-state index in [1.165, 1.54) is 5.69 Å². The third-order valence-corrected chi connectivity index (χ3v) is 6.99. The van der Waals surface area contributed by atoms with Gasteiger partial charge in [0.15, 0.2) is 5.65 Å². The standard InChI is InChI=1S/C29H26ClN5O/c1-36-25-12-10-23(11-13-25)33-14-16-34(17-15-33)28-27-26(21-6-3-2-4-7-21)19-35(29(27)32-20-31-28)24-9-5-8-22(30)18-24/h2-13,18-20H,14-17H2,1H3. The predicted octanol–water partition coefficient (Wildman–Crippen LogP) is 6.08. The van der Waals surface area contributed by atoms with E-state index in [9.17, 15) is 0 Å². The van der Waals surface area contributed by atoms with E-state index >= 15 is 0 Å². The van der Waals surface area contributed by atoms with Crippen LogP contribution in [0.2, 0.25) is 5.02 Å². The van der Waals surface area contributed by atoms with Gasteiger partial charge in [-0.05, 0) is 48.0 Å². The highest BCUT2D eigenvalue weighted by atomic mass is 35.5. The second-order valence-corrected chi connectivity index (χ2v) is 9.26. The maximum atomic E-state index is 6.34. The van der Waals surface area contributed by atoms with Crippen LogP contribution >= 0.6 is 11.6 Å². The van der Waals surface area contributed by atoms with Crippen molar-refractivity contribution in [1.82, 2.24) is 14.5 Å². The molecule has 1 fully saturated rings. The molecule has 180 valence electrons. The van der Waals surface area contributed by atoms with Gasteiger partial charge in [0, 0.05) is 54.3 Å². The van der Waals surface area contributed by atoms with Gasteiger partial charge in [-0.15, -0.1) is 0 Å². The zero-order valence-corrected chi connectivity index (χ0v) is 20.8. The summed E-state index contributed by atoms with van der Waals surface area (Å²) in [7, 11) is 1.69. The first-order chi connectivity index (χ1) is 17.7. The summed E-state index contributed by atoms with van der Waals surface area (Å²) < 4.78 is 7.42. The lowest BCUT2D eigenvalue weighted by atomic mass is 10.1. The Balaban J connectivity index is 1.39. The van der Waals surface area contributed by atoms with Gasteiger partial charge in [-0.1, -0.05) is 48.0 Å². The monoisotopic (exact) mass is 495 g/mol. The quantitative estimate of drug-likeness (QED) is 0.296. The van der Waals surface area contributed by atoms with E-state index in [0.29, 0.717) is 5.02 Å². The van der Waals surface area contributed by atoms with Crippen LogP contribution in [-0.4, -0.2) is 47.8 Å². The summed E-state index contributed by atoms with van der Waals surface area (Å²) in [5, 5.41) is 1.75.